The van der Waals surface area contributed by atoms with Gasteiger partial charge in [0.05, 0.1) is 0 Å². The van der Waals surface area contributed by atoms with E-state index >= 15 is 0 Å². The molecule has 0 unspecified atom stereocenters. The first-order valence-electron chi connectivity index (χ1n) is 4.46. The smallest absolute Gasteiger partial charge is 0.0341 e. The maximum atomic E-state index is 5.43. The van der Waals surface area contributed by atoms with E-state index in [9.17, 15) is 0 Å². The van der Waals surface area contributed by atoms with E-state index in [-0.39, 0.29) is 5.41 Å². The molecule has 0 N–H and O–H groups in total. The number of thiol groups is 1. The van der Waals surface area contributed by atoms with E-state index in [2.05, 4.69) is 32.6 Å². The molecule has 1 rings (SSSR count). The predicted molar refractivity (Wildman–Crippen MR) is 74.4 cm³/mol. The first kappa shape index (κ1) is 12.1. The third-order valence-corrected chi connectivity index (χ3v) is 3.86. The SMILES string of the molecule is CC(=S)C1=C(S)C(C)=CC(C)(C)C1=S. The third-order valence-electron chi connectivity index (χ3n) is 2.35. The van der Waals surface area contributed by atoms with E-state index in [0.717, 1.165) is 25.8 Å². The molecule has 0 fully saturated rings. The molecule has 1 aliphatic carbocycles. The van der Waals surface area contributed by atoms with Gasteiger partial charge >= 0.3 is 0 Å². The Morgan fingerprint density at radius 2 is 1.93 bits per heavy atom. The van der Waals surface area contributed by atoms with Crippen LogP contribution in [0.5, 0.6) is 0 Å². The van der Waals surface area contributed by atoms with Gasteiger partial charge in [-0.3, -0.25) is 0 Å². The Hall–Kier alpha value is 0.01000. The van der Waals surface area contributed by atoms with Gasteiger partial charge in [-0.2, -0.15) is 0 Å². The minimum Gasteiger partial charge on any atom is -0.142 e. The van der Waals surface area contributed by atoms with Gasteiger partial charge in [-0.1, -0.05) is 44.4 Å². The minimum absolute atomic E-state index is 0.0823. The van der Waals surface area contributed by atoms with Crippen LogP contribution in [0.15, 0.2) is 22.1 Å². The normalized spacial score (nSPS) is 20.9. The summed E-state index contributed by atoms with van der Waals surface area (Å²) in [6.45, 7) is 8.17. The van der Waals surface area contributed by atoms with Gasteiger partial charge in [-0.25, -0.2) is 0 Å². The topological polar surface area (TPSA) is 0 Å². The van der Waals surface area contributed by atoms with E-state index in [1.807, 2.05) is 13.8 Å². The van der Waals surface area contributed by atoms with Gasteiger partial charge in [0.2, 0.25) is 0 Å². The second-order valence-corrected chi connectivity index (χ2v) is 5.63. The fourth-order valence-electron chi connectivity index (χ4n) is 1.63. The van der Waals surface area contributed by atoms with Crippen molar-refractivity contribution in [2.75, 3.05) is 0 Å². The zero-order valence-corrected chi connectivity index (χ0v) is 11.4. The molecule has 0 bridgehead atoms. The second-order valence-electron chi connectivity index (χ2n) is 4.16. The van der Waals surface area contributed by atoms with Crippen molar-refractivity contribution in [3.63, 3.8) is 0 Å². The maximum Gasteiger partial charge on any atom is 0.0341 e. The molecule has 0 heterocycles. The highest BCUT2D eigenvalue weighted by Gasteiger charge is 2.30. The van der Waals surface area contributed by atoms with Crippen LogP contribution >= 0.6 is 37.1 Å². The highest BCUT2D eigenvalue weighted by atomic mass is 32.1. The molecule has 0 saturated carbocycles. The summed E-state index contributed by atoms with van der Waals surface area (Å²) in [4.78, 5) is 2.67. The molecule has 3 heteroatoms. The predicted octanol–water partition coefficient (Wildman–Crippen LogP) is 3.92. The van der Waals surface area contributed by atoms with Crippen molar-refractivity contribution in [2.45, 2.75) is 27.7 Å². The Labute approximate surface area is 102 Å². The lowest BCUT2D eigenvalue weighted by Gasteiger charge is -2.30. The summed E-state index contributed by atoms with van der Waals surface area (Å²) in [5.41, 5.74) is 2.05. The molecule has 0 aromatic carbocycles. The fourth-order valence-corrected chi connectivity index (χ4v) is 2.71. The quantitative estimate of drug-likeness (QED) is 0.547. The van der Waals surface area contributed by atoms with Crippen molar-refractivity contribution in [3.05, 3.63) is 22.1 Å². The van der Waals surface area contributed by atoms with E-state index < -0.39 is 0 Å². The summed E-state index contributed by atoms with van der Waals surface area (Å²) < 4.78 is 0. The maximum absolute atomic E-state index is 5.43. The van der Waals surface area contributed by atoms with Crippen molar-refractivity contribution in [2.24, 2.45) is 5.41 Å². The second kappa shape index (κ2) is 3.87. The Kier molecular flexibility index (Phi) is 3.34. The van der Waals surface area contributed by atoms with Gasteiger partial charge in [0.1, 0.15) is 0 Å². The number of allylic oxidation sites excluding steroid dienone is 3. The Balaban J connectivity index is 3.38. The zero-order valence-electron chi connectivity index (χ0n) is 8.84. The number of rotatable bonds is 1. The van der Waals surface area contributed by atoms with E-state index in [1.54, 1.807) is 0 Å². The van der Waals surface area contributed by atoms with Gasteiger partial charge in [-0.15, -0.1) is 12.6 Å². The average Bonchev–Trinajstić information content (AvgIpc) is 2.00. The molecule has 76 valence electrons. The van der Waals surface area contributed by atoms with Crippen molar-refractivity contribution in [3.8, 4) is 0 Å². The molecule has 0 nitrogen and oxygen atoms in total. The Morgan fingerprint density at radius 3 is 2.36 bits per heavy atom. The van der Waals surface area contributed by atoms with Gasteiger partial charge in [0.25, 0.3) is 0 Å². The summed E-state index contributed by atoms with van der Waals surface area (Å²) >= 11 is 15.1. The van der Waals surface area contributed by atoms with E-state index in [4.69, 9.17) is 24.4 Å². The lowest BCUT2D eigenvalue weighted by Crippen LogP contribution is -2.28. The molecule has 14 heavy (non-hydrogen) atoms. The lowest BCUT2D eigenvalue weighted by molar-refractivity contribution is 0.679. The standard InChI is InChI=1S/C11H14S3/c1-6-5-11(3,4)10(14)8(7(2)12)9(6)13/h5,13H,1-4H3. The van der Waals surface area contributed by atoms with Crippen LogP contribution in [0, 0.1) is 5.41 Å². The molecular formula is C11H14S3. The minimum atomic E-state index is -0.0823. The lowest BCUT2D eigenvalue weighted by atomic mass is 9.78. The molecular weight excluding hydrogens is 228 g/mol. The molecule has 0 atom stereocenters. The van der Waals surface area contributed by atoms with E-state index in [1.165, 1.54) is 0 Å². The monoisotopic (exact) mass is 242 g/mol. The van der Waals surface area contributed by atoms with Crippen LogP contribution in [-0.2, 0) is 0 Å². The van der Waals surface area contributed by atoms with Crippen molar-refractivity contribution < 1.29 is 0 Å². The summed E-state index contributed by atoms with van der Waals surface area (Å²) in [7, 11) is 0. The largest absolute Gasteiger partial charge is 0.142 e. The molecule has 0 radical (unpaired) electrons. The van der Waals surface area contributed by atoms with Gasteiger partial charge in [0, 0.05) is 25.6 Å². The van der Waals surface area contributed by atoms with Crippen LogP contribution in [0.2, 0.25) is 0 Å². The summed E-state index contributed by atoms with van der Waals surface area (Å²) in [6.07, 6.45) is 2.15. The molecule has 0 aliphatic heterocycles. The van der Waals surface area contributed by atoms with Gasteiger partial charge in [0.15, 0.2) is 0 Å². The number of hydrogen-bond donors (Lipinski definition) is 1. The van der Waals surface area contributed by atoms with E-state index in [0.29, 0.717) is 0 Å². The Morgan fingerprint density at radius 1 is 1.43 bits per heavy atom. The van der Waals surface area contributed by atoms with Crippen LogP contribution in [-0.4, -0.2) is 9.73 Å². The van der Waals surface area contributed by atoms with Crippen molar-refractivity contribution >= 4 is 46.8 Å². The molecule has 0 aromatic heterocycles. The molecule has 0 saturated heterocycles. The van der Waals surface area contributed by atoms with Gasteiger partial charge < -0.3 is 0 Å². The summed E-state index contributed by atoms with van der Waals surface area (Å²) in [5, 5.41) is 0. The molecule has 0 spiro atoms. The van der Waals surface area contributed by atoms with Crippen molar-refractivity contribution in [1.82, 2.24) is 0 Å². The van der Waals surface area contributed by atoms with Crippen LogP contribution in [0.1, 0.15) is 27.7 Å². The van der Waals surface area contributed by atoms with Crippen LogP contribution in [0.25, 0.3) is 0 Å². The van der Waals surface area contributed by atoms with Gasteiger partial charge in [-0.05, 0) is 19.4 Å². The third kappa shape index (κ3) is 2.00. The number of hydrogen-bond acceptors (Lipinski definition) is 3. The molecule has 0 aromatic rings. The first-order chi connectivity index (χ1) is 6.27. The van der Waals surface area contributed by atoms with Crippen LogP contribution < -0.4 is 0 Å². The average molecular weight is 242 g/mol. The number of thiocarbonyl (C=S) groups is 2. The summed E-state index contributed by atoms with van der Waals surface area (Å²) in [6, 6.07) is 0. The summed E-state index contributed by atoms with van der Waals surface area (Å²) in [5.74, 6) is 0. The Bertz CT molecular complexity index is 370. The molecule has 0 amide bonds. The first-order valence-corrected chi connectivity index (χ1v) is 5.72. The molecule has 1 aliphatic rings. The van der Waals surface area contributed by atoms with Crippen LogP contribution in [0.3, 0.4) is 0 Å². The van der Waals surface area contributed by atoms with Crippen molar-refractivity contribution in [1.29, 1.82) is 0 Å². The highest BCUT2D eigenvalue weighted by molar-refractivity contribution is 7.86. The highest BCUT2D eigenvalue weighted by Crippen LogP contribution is 2.37. The van der Waals surface area contributed by atoms with Crippen LogP contribution in [0.4, 0.5) is 0 Å². The fraction of sp³-hybridized carbons (Fsp3) is 0.455. The zero-order chi connectivity index (χ0) is 11.1.